The van der Waals surface area contributed by atoms with Crippen molar-refractivity contribution in [1.29, 1.82) is 0 Å². The van der Waals surface area contributed by atoms with Crippen molar-refractivity contribution in [1.82, 2.24) is 20.3 Å². The Hall–Kier alpha value is -1.92. The lowest BCUT2D eigenvalue weighted by molar-refractivity contribution is 0.268. The molecule has 0 saturated carbocycles. The summed E-state index contributed by atoms with van der Waals surface area (Å²) < 4.78 is 7.04. The Kier molecular flexibility index (Phi) is 5.30. The first-order valence-electron chi connectivity index (χ1n) is 7.02. The number of nitrogens with one attached hydrogen (secondary N) is 1. The molecule has 1 unspecified atom stereocenters. The summed E-state index contributed by atoms with van der Waals surface area (Å²) >= 11 is 0. The van der Waals surface area contributed by atoms with Crippen LogP contribution in [0.2, 0.25) is 0 Å². The largest absolute Gasteiger partial charge is 0.496 e. The van der Waals surface area contributed by atoms with E-state index in [9.17, 15) is 0 Å². The first-order chi connectivity index (χ1) is 10.1. The molecule has 1 heterocycles. The number of aromatic nitrogens is 3. The fourth-order valence-corrected chi connectivity index (χ4v) is 2.19. The Morgan fingerprint density at radius 3 is 2.95 bits per heavy atom. The number of aryl methyl sites for hydroxylation is 1. The molecule has 0 fully saturated rings. The molecule has 6 nitrogen and oxygen atoms in total. The Morgan fingerprint density at radius 1 is 1.43 bits per heavy atom. The molecule has 1 atom stereocenters. The molecule has 114 valence electrons. The minimum atomic E-state index is 0.0626. The molecule has 0 saturated heterocycles. The van der Waals surface area contributed by atoms with Crippen molar-refractivity contribution >= 4 is 0 Å². The molecule has 0 aliphatic rings. The third-order valence-electron chi connectivity index (χ3n) is 3.36. The lowest BCUT2D eigenvalue weighted by atomic mass is 10.0. The minimum Gasteiger partial charge on any atom is -0.496 e. The van der Waals surface area contributed by atoms with Crippen LogP contribution in [-0.4, -0.2) is 33.8 Å². The number of hydrogen-bond acceptors (Lipinski definition) is 5. The van der Waals surface area contributed by atoms with Crippen molar-refractivity contribution in [2.75, 3.05) is 13.7 Å². The molecular formula is C15H22N4O2. The van der Waals surface area contributed by atoms with Gasteiger partial charge in [-0.25, -0.2) is 4.68 Å². The van der Waals surface area contributed by atoms with Gasteiger partial charge in [-0.2, -0.15) is 0 Å². The van der Waals surface area contributed by atoms with E-state index >= 15 is 0 Å². The summed E-state index contributed by atoms with van der Waals surface area (Å²) in [6.45, 7) is 5.30. The Balaban J connectivity index is 2.00. The molecule has 2 aromatic rings. The highest BCUT2D eigenvalue weighted by Crippen LogP contribution is 2.26. The molecule has 1 aromatic heterocycles. The number of rotatable bonds is 7. The molecule has 1 aromatic carbocycles. The molecule has 6 heteroatoms. The van der Waals surface area contributed by atoms with Gasteiger partial charge in [0.25, 0.3) is 0 Å². The van der Waals surface area contributed by atoms with Crippen molar-refractivity contribution in [2.45, 2.75) is 33.0 Å². The smallest absolute Gasteiger partial charge is 0.123 e. The van der Waals surface area contributed by atoms with Crippen molar-refractivity contribution in [2.24, 2.45) is 0 Å². The second kappa shape index (κ2) is 7.19. The fraction of sp³-hybridized carbons (Fsp3) is 0.467. The zero-order valence-corrected chi connectivity index (χ0v) is 12.7. The van der Waals surface area contributed by atoms with Crippen molar-refractivity contribution < 1.29 is 9.84 Å². The van der Waals surface area contributed by atoms with E-state index in [0.717, 1.165) is 17.0 Å². The highest BCUT2D eigenvalue weighted by molar-refractivity contribution is 5.38. The van der Waals surface area contributed by atoms with Crippen LogP contribution in [0.4, 0.5) is 0 Å². The lowest BCUT2D eigenvalue weighted by Crippen LogP contribution is -2.19. The molecule has 0 radical (unpaired) electrons. The molecule has 21 heavy (non-hydrogen) atoms. The summed E-state index contributed by atoms with van der Waals surface area (Å²) in [4.78, 5) is 0. The van der Waals surface area contributed by atoms with Gasteiger partial charge in [-0.05, 0) is 19.9 Å². The average Bonchev–Trinajstić information content (AvgIpc) is 2.93. The number of benzene rings is 1. The molecule has 2 N–H and O–H groups in total. The Bertz CT molecular complexity index is 583. The molecule has 0 spiro atoms. The van der Waals surface area contributed by atoms with Crippen LogP contribution in [0.1, 0.15) is 29.8 Å². The van der Waals surface area contributed by atoms with E-state index in [-0.39, 0.29) is 12.6 Å². The molecule has 0 aliphatic carbocycles. The molecule has 0 bridgehead atoms. The van der Waals surface area contributed by atoms with E-state index in [1.165, 1.54) is 5.56 Å². The van der Waals surface area contributed by atoms with Gasteiger partial charge in [0, 0.05) is 24.3 Å². The van der Waals surface area contributed by atoms with Crippen LogP contribution in [0.5, 0.6) is 5.75 Å². The number of nitrogens with zero attached hydrogens (tertiary/aromatic N) is 3. The molecule has 2 rings (SSSR count). The first kappa shape index (κ1) is 15.5. The highest BCUT2D eigenvalue weighted by atomic mass is 16.5. The quantitative estimate of drug-likeness (QED) is 0.807. The number of hydrogen-bond donors (Lipinski definition) is 2. The summed E-state index contributed by atoms with van der Waals surface area (Å²) in [6.07, 6.45) is 1.84. The molecule has 0 amide bonds. The monoisotopic (exact) mass is 290 g/mol. The second-order valence-corrected chi connectivity index (χ2v) is 5.04. The van der Waals surface area contributed by atoms with Gasteiger partial charge in [-0.1, -0.05) is 22.9 Å². The maximum Gasteiger partial charge on any atom is 0.123 e. The Labute approximate surface area is 124 Å². The Morgan fingerprint density at radius 2 is 2.24 bits per heavy atom. The maximum atomic E-state index is 8.86. The van der Waals surface area contributed by atoms with E-state index in [2.05, 4.69) is 35.5 Å². The topological polar surface area (TPSA) is 72.2 Å². The van der Waals surface area contributed by atoms with E-state index in [4.69, 9.17) is 9.84 Å². The van der Waals surface area contributed by atoms with Crippen LogP contribution in [0.25, 0.3) is 0 Å². The fourth-order valence-electron chi connectivity index (χ4n) is 2.19. The number of aliphatic hydroxyl groups excluding tert-OH is 1. The van der Waals surface area contributed by atoms with Crippen LogP contribution in [0.15, 0.2) is 24.4 Å². The van der Waals surface area contributed by atoms with Crippen molar-refractivity contribution in [3.63, 3.8) is 0 Å². The van der Waals surface area contributed by atoms with E-state index in [0.29, 0.717) is 13.1 Å². The molecule has 0 aliphatic heterocycles. The average molecular weight is 290 g/mol. The third-order valence-corrected chi connectivity index (χ3v) is 3.36. The predicted molar refractivity (Wildman–Crippen MR) is 80.1 cm³/mol. The van der Waals surface area contributed by atoms with Crippen LogP contribution >= 0.6 is 0 Å². The zero-order chi connectivity index (χ0) is 15.2. The zero-order valence-electron chi connectivity index (χ0n) is 12.7. The third kappa shape index (κ3) is 4.03. The summed E-state index contributed by atoms with van der Waals surface area (Å²) in [5.74, 6) is 0.879. The van der Waals surface area contributed by atoms with Gasteiger partial charge in [0.1, 0.15) is 5.75 Å². The number of aliphatic hydroxyl groups is 1. The van der Waals surface area contributed by atoms with Crippen molar-refractivity contribution in [3.8, 4) is 5.75 Å². The highest BCUT2D eigenvalue weighted by Gasteiger charge is 2.12. The van der Waals surface area contributed by atoms with Gasteiger partial charge in [0.15, 0.2) is 0 Å². The van der Waals surface area contributed by atoms with Gasteiger partial charge in [0.05, 0.1) is 26.0 Å². The standard InChI is InChI=1S/C15H22N4O2/c1-11-4-5-15(21-3)14(8-11)12(2)16-9-13-10-19(6-7-20)18-17-13/h4-5,8,10,12,16,20H,6-7,9H2,1-3H3. The molecular weight excluding hydrogens is 268 g/mol. The lowest BCUT2D eigenvalue weighted by Gasteiger charge is -2.17. The SMILES string of the molecule is COc1ccc(C)cc1C(C)NCc1cn(CCO)nn1. The van der Waals surface area contributed by atoms with Crippen LogP contribution in [0, 0.1) is 6.92 Å². The van der Waals surface area contributed by atoms with Crippen molar-refractivity contribution in [3.05, 3.63) is 41.2 Å². The van der Waals surface area contributed by atoms with Gasteiger partial charge >= 0.3 is 0 Å². The summed E-state index contributed by atoms with van der Waals surface area (Å²) in [5, 5.41) is 20.3. The van der Waals surface area contributed by atoms with Crippen LogP contribution < -0.4 is 10.1 Å². The van der Waals surface area contributed by atoms with Crippen LogP contribution in [0.3, 0.4) is 0 Å². The van der Waals surface area contributed by atoms with Gasteiger partial charge in [0.2, 0.25) is 0 Å². The van der Waals surface area contributed by atoms with E-state index in [1.807, 2.05) is 18.3 Å². The van der Waals surface area contributed by atoms with Gasteiger partial charge in [-0.15, -0.1) is 5.10 Å². The number of ether oxygens (including phenoxy) is 1. The first-order valence-corrected chi connectivity index (χ1v) is 7.02. The summed E-state index contributed by atoms with van der Waals surface area (Å²) in [7, 11) is 1.68. The van der Waals surface area contributed by atoms with Gasteiger partial charge in [-0.3, -0.25) is 0 Å². The minimum absolute atomic E-state index is 0.0626. The summed E-state index contributed by atoms with van der Waals surface area (Å²) in [5.41, 5.74) is 3.18. The van der Waals surface area contributed by atoms with Crippen LogP contribution in [-0.2, 0) is 13.1 Å². The summed E-state index contributed by atoms with van der Waals surface area (Å²) in [6, 6.07) is 6.29. The maximum absolute atomic E-state index is 8.86. The van der Waals surface area contributed by atoms with E-state index in [1.54, 1.807) is 11.8 Å². The predicted octanol–water partition coefficient (Wildman–Crippen LogP) is 1.44. The van der Waals surface area contributed by atoms with Gasteiger partial charge < -0.3 is 15.2 Å². The van der Waals surface area contributed by atoms with E-state index < -0.39 is 0 Å². The number of methoxy groups -OCH3 is 1. The second-order valence-electron chi connectivity index (χ2n) is 5.04. The normalized spacial score (nSPS) is 12.4.